The number of pyridine rings is 1. The van der Waals surface area contributed by atoms with Gasteiger partial charge in [0.15, 0.2) is 5.78 Å². The molecule has 0 aliphatic heterocycles. The summed E-state index contributed by atoms with van der Waals surface area (Å²) in [4.78, 5) is 37.6. The molecule has 1 aliphatic rings. The third-order valence-electron chi connectivity index (χ3n) is 9.48. The maximum absolute atomic E-state index is 14.2. The molecule has 4 aromatic carbocycles. The number of para-hydroxylation sites is 1. The van der Waals surface area contributed by atoms with Crippen LogP contribution in [0.1, 0.15) is 46.5 Å². The van der Waals surface area contributed by atoms with Crippen LogP contribution in [0.25, 0.3) is 22.0 Å². The fourth-order valence-electron chi connectivity index (χ4n) is 6.93. The van der Waals surface area contributed by atoms with E-state index in [-0.39, 0.29) is 28.3 Å². The topological polar surface area (TPSA) is 243 Å². The van der Waals surface area contributed by atoms with E-state index >= 15 is 0 Å². The van der Waals surface area contributed by atoms with Crippen LogP contribution in [0.2, 0.25) is 0 Å². The van der Waals surface area contributed by atoms with Gasteiger partial charge in [0.2, 0.25) is 11.9 Å². The second kappa shape index (κ2) is 13.6. The lowest BCUT2D eigenvalue weighted by molar-refractivity contribution is 0.104. The molecule has 0 bridgehead atoms. The molecule has 6 aromatic rings. The van der Waals surface area contributed by atoms with Gasteiger partial charge in [-0.05, 0) is 60.7 Å². The molecule has 0 atom stereocenters. The lowest BCUT2D eigenvalue weighted by Gasteiger charge is -2.25. The van der Waals surface area contributed by atoms with Crippen molar-refractivity contribution < 1.29 is 35.8 Å². The summed E-state index contributed by atoms with van der Waals surface area (Å²) >= 11 is 0. The molecule has 18 heteroatoms. The highest BCUT2D eigenvalue weighted by molar-refractivity contribution is 7.86. The Bertz CT molecular complexity index is 2890. The average molecular weight is 784 g/mol. The first-order valence-electron chi connectivity index (χ1n) is 16.8. The molecule has 0 fully saturated rings. The molecule has 0 saturated carbocycles. The molecule has 0 unspecified atom stereocenters. The van der Waals surface area contributed by atoms with Crippen LogP contribution in [0.3, 0.4) is 0 Å². The van der Waals surface area contributed by atoms with Gasteiger partial charge in [0, 0.05) is 34.8 Å². The van der Waals surface area contributed by atoms with E-state index in [1.807, 2.05) is 32.0 Å². The maximum atomic E-state index is 14.2. The SMILES string of the molecule is CCc1cccc(CC)c1Nc1nc(O)nc(Nc2cc(Nc3ccc4c5c3C(=O)c3ccccc3-c5c(C)c(=O)n4C)c(S(=O)(=O)O)cc2S(=O)(=O)O)n1. The lowest BCUT2D eigenvalue weighted by Crippen LogP contribution is -2.24. The molecule has 0 spiro atoms. The number of benzene rings is 4. The van der Waals surface area contributed by atoms with Gasteiger partial charge in [-0.15, -0.1) is 0 Å². The minimum absolute atomic E-state index is 0.0485. The summed E-state index contributed by atoms with van der Waals surface area (Å²) in [6.45, 7) is 5.56. The Kier molecular flexibility index (Phi) is 9.16. The largest absolute Gasteiger partial charge is 0.479 e. The molecule has 16 nitrogen and oxygen atoms in total. The Morgan fingerprint density at radius 3 is 1.87 bits per heavy atom. The molecule has 1 aliphatic carbocycles. The molecule has 6 N–H and O–H groups in total. The van der Waals surface area contributed by atoms with Crippen molar-refractivity contribution in [3.05, 3.63) is 105 Å². The van der Waals surface area contributed by atoms with Gasteiger partial charge in [0.05, 0.1) is 28.1 Å². The first kappa shape index (κ1) is 37.1. The van der Waals surface area contributed by atoms with E-state index in [0.717, 1.165) is 17.2 Å². The van der Waals surface area contributed by atoms with Gasteiger partial charge >= 0.3 is 6.01 Å². The molecule has 55 heavy (non-hydrogen) atoms. The maximum Gasteiger partial charge on any atom is 0.320 e. The molecule has 7 rings (SSSR count). The molecule has 0 radical (unpaired) electrons. The van der Waals surface area contributed by atoms with Gasteiger partial charge in [0.25, 0.3) is 25.8 Å². The third-order valence-corrected chi connectivity index (χ3v) is 11.3. The van der Waals surface area contributed by atoms with E-state index in [1.54, 1.807) is 44.3 Å². The summed E-state index contributed by atoms with van der Waals surface area (Å²) in [7, 11) is -8.86. The number of anilines is 6. The van der Waals surface area contributed by atoms with Crippen LogP contribution >= 0.6 is 0 Å². The van der Waals surface area contributed by atoms with E-state index in [2.05, 4.69) is 30.9 Å². The van der Waals surface area contributed by atoms with Crippen LogP contribution in [-0.2, 0) is 40.1 Å². The van der Waals surface area contributed by atoms with Crippen LogP contribution < -0.4 is 21.5 Å². The Morgan fingerprint density at radius 1 is 0.691 bits per heavy atom. The van der Waals surface area contributed by atoms with Gasteiger partial charge in [-0.25, -0.2) is 0 Å². The number of carbonyl (C=O) groups excluding carboxylic acids is 1. The fraction of sp³-hybridized carbons (Fsp3) is 0.162. The number of fused-ring (bicyclic) bond motifs is 2. The van der Waals surface area contributed by atoms with Crippen molar-refractivity contribution in [1.29, 1.82) is 0 Å². The molecule has 2 aromatic heterocycles. The number of aromatic hydroxyl groups is 1. The number of rotatable bonds is 10. The van der Waals surface area contributed by atoms with Crippen molar-refractivity contribution in [2.45, 2.75) is 43.4 Å². The summed E-state index contributed by atoms with van der Waals surface area (Å²) in [5, 5.41) is 19.4. The van der Waals surface area contributed by atoms with E-state index in [0.29, 0.717) is 52.2 Å². The Labute approximate surface area is 314 Å². The summed E-state index contributed by atoms with van der Waals surface area (Å²) in [5.41, 5.74) is 3.61. The second-order valence-electron chi connectivity index (χ2n) is 12.7. The average Bonchev–Trinajstić information content (AvgIpc) is 3.12. The number of aryl methyl sites for hydroxylation is 3. The summed E-state index contributed by atoms with van der Waals surface area (Å²) in [6.07, 6.45) is 1.31. The zero-order valence-electron chi connectivity index (χ0n) is 29.7. The van der Waals surface area contributed by atoms with Gasteiger partial charge < -0.3 is 25.6 Å². The molecular formula is C37H33N7O9S2. The lowest BCUT2D eigenvalue weighted by atomic mass is 9.81. The van der Waals surface area contributed by atoms with Gasteiger partial charge in [-0.1, -0.05) is 56.3 Å². The van der Waals surface area contributed by atoms with Crippen molar-refractivity contribution in [1.82, 2.24) is 19.5 Å². The first-order valence-corrected chi connectivity index (χ1v) is 19.7. The highest BCUT2D eigenvalue weighted by atomic mass is 32.2. The zero-order chi connectivity index (χ0) is 39.6. The molecule has 282 valence electrons. The van der Waals surface area contributed by atoms with Gasteiger partial charge in [-0.2, -0.15) is 31.8 Å². The normalized spacial score (nSPS) is 12.4. The quantitative estimate of drug-likeness (QED) is 0.0899. The fourth-order valence-corrected chi connectivity index (χ4v) is 8.31. The van der Waals surface area contributed by atoms with E-state index in [4.69, 9.17) is 0 Å². The number of nitrogens with one attached hydrogen (secondary N) is 3. The van der Waals surface area contributed by atoms with Crippen molar-refractivity contribution in [3.63, 3.8) is 0 Å². The Morgan fingerprint density at radius 2 is 1.27 bits per heavy atom. The standard InChI is InChI=1S/C37H33N7O9S2/c1-5-19-10-9-11-20(6-2)32(19)40-36-41-35(42-37(47)43-36)39-25-16-24(27(54(48,49)50)17-28(25)55(51,52)53)38-23-14-15-26-31-29(18(3)34(46)44(26)4)21-12-7-8-13-22(21)33(45)30(23)31/h7-17,38H,5-6H2,1-4H3,(H,48,49,50)(H,51,52,53)(H3,39,40,41,42,43,47). The van der Waals surface area contributed by atoms with E-state index < -0.39 is 59.1 Å². The van der Waals surface area contributed by atoms with Crippen LogP contribution in [0.15, 0.2) is 81.3 Å². The molecule has 0 amide bonds. The minimum atomic E-state index is -5.21. The van der Waals surface area contributed by atoms with Gasteiger partial charge in [0.1, 0.15) is 9.79 Å². The van der Waals surface area contributed by atoms with Crippen molar-refractivity contribution >= 4 is 71.6 Å². The molecule has 2 heterocycles. The highest BCUT2D eigenvalue weighted by Crippen LogP contribution is 2.44. The predicted molar refractivity (Wildman–Crippen MR) is 205 cm³/mol. The van der Waals surface area contributed by atoms with Crippen LogP contribution in [-0.4, -0.2) is 56.3 Å². The first-order chi connectivity index (χ1) is 26.0. The van der Waals surface area contributed by atoms with E-state index in [9.17, 15) is 40.6 Å². The second-order valence-corrected chi connectivity index (χ2v) is 15.5. The zero-order valence-corrected chi connectivity index (χ0v) is 31.3. The number of aromatic nitrogens is 4. The number of hydrogen-bond acceptors (Lipinski definition) is 13. The predicted octanol–water partition coefficient (Wildman–Crippen LogP) is 5.80. The third kappa shape index (κ3) is 6.54. The van der Waals surface area contributed by atoms with Crippen molar-refractivity contribution in [3.8, 4) is 17.1 Å². The van der Waals surface area contributed by atoms with Crippen molar-refractivity contribution in [2.24, 2.45) is 7.05 Å². The van der Waals surface area contributed by atoms with Crippen LogP contribution in [0.4, 0.5) is 34.6 Å². The smallest absolute Gasteiger partial charge is 0.320 e. The Hall–Kier alpha value is -6.21. The number of nitrogens with zero attached hydrogens (tertiary/aromatic N) is 4. The molecular weight excluding hydrogens is 751 g/mol. The summed E-state index contributed by atoms with van der Waals surface area (Å²) < 4.78 is 72.9. The van der Waals surface area contributed by atoms with E-state index in [1.165, 1.54) is 10.6 Å². The number of ketones is 1. The molecule has 0 saturated heterocycles. The highest BCUT2D eigenvalue weighted by Gasteiger charge is 2.32. The van der Waals surface area contributed by atoms with Gasteiger partial charge in [-0.3, -0.25) is 18.7 Å². The van der Waals surface area contributed by atoms with Crippen LogP contribution in [0, 0.1) is 6.92 Å². The van der Waals surface area contributed by atoms with Crippen molar-refractivity contribution in [2.75, 3.05) is 16.0 Å². The summed E-state index contributed by atoms with van der Waals surface area (Å²) in [6, 6.07) is 16.2. The minimum Gasteiger partial charge on any atom is -0.479 e. The monoisotopic (exact) mass is 783 g/mol. The van der Waals surface area contributed by atoms with Crippen LogP contribution in [0.5, 0.6) is 6.01 Å². The number of carbonyl (C=O) groups is 1. The summed E-state index contributed by atoms with van der Waals surface area (Å²) in [5.74, 6) is -0.986. The Balaban J connectivity index is 1.40. The number of hydrogen-bond donors (Lipinski definition) is 6.